The van der Waals surface area contributed by atoms with Crippen molar-refractivity contribution in [2.24, 2.45) is 5.41 Å². The summed E-state index contributed by atoms with van der Waals surface area (Å²) in [4.78, 5) is 0. The van der Waals surface area contributed by atoms with Crippen LogP contribution < -0.4 is 0 Å². The van der Waals surface area contributed by atoms with Gasteiger partial charge in [0.05, 0.1) is 0 Å². The van der Waals surface area contributed by atoms with Gasteiger partial charge in [-0.25, -0.2) is 8.78 Å². The van der Waals surface area contributed by atoms with Gasteiger partial charge in [0.2, 0.25) is 0 Å². The molecule has 0 N–H and O–H groups in total. The normalized spacial score (nSPS) is 15.0. The van der Waals surface area contributed by atoms with E-state index in [1.807, 2.05) is 13.8 Å². The number of rotatable bonds is 4. The lowest BCUT2D eigenvalue weighted by atomic mass is 9.83. The topological polar surface area (TPSA) is 0 Å². The van der Waals surface area contributed by atoms with Crippen LogP contribution in [0.15, 0.2) is 18.2 Å². The Morgan fingerprint density at radius 1 is 1.27 bits per heavy atom. The molecule has 0 spiro atoms. The van der Waals surface area contributed by atoms with Gasteiger partial charge in [-0.05, 0) is 30.4 Å². The Labute approximate surface area is 97.8 Å². The second-order valence-corrected chi connectivity index (χ2v) is 4.74. The summed E-state index contributed by atoms with van der Waals surface area (Å²) in [5, 5.41) is 0.740. The minimum atomic E-state index is -0.448. The Bertz CT molecular complexity index is 312. The molecule has 1 unspecified atom stereocenters. The molecule has 3 heteroatoms. The van der Waals surface area contributed by atoms with Crippen LogP contribution in [0.4, 0.5) is 8.78 Å². The third-order valence-electron chi connectivity index (χ3n) is 2.84. The summed E-state index contributed by atoms with van der Waals surface area (Å²) in [6, 6.07) is 4.01. The Morgan fingerprint density at radius 3 is 2.20 bits per heavy atom. The van der Waals surface area contributed by atoms with Gasteiger partial charge in [0, 0.05) is 10.9 Å². The Kier molecular flexibility index (Phi) is 4.26. The van der Waals surface area contributed by atoms with E-state index >= 15 is 0 Å². The Morgan fingerprint density at radius 2 is 1.80 bits per heavy atom. The highest BCUT2D eigenvalue weighted by Gasteiger charge is 2.24. The van der Waals surface area contributed by atoms with E-state index in [2.05, 4.69) is 15.9 Å². The first-order valence-electron chi connectivity index (χ1n) is 5.01. The molecular formula is C12H15BrF2. The number of benzene rings is 1. The van der Waals surface area contributed by atoms with Crippen molar-refractivity contribution in [3.63, 3.8) is 0 Å². The first-order valence-corrected chi connectivity index (χ1v) is 6.13. The van der Waals surface area contributed by atoms with Crippen molar-refractivity contribution in [2.45, 2.75) is 26.7 Å². The minimum absolute atomic E-state index is 0.0942. The lowest BCUT2D eigenvalue weighted by Crippen LogP contribution is -2.21. The van der Waals surface area contributed by atoms with Crippen LogP contribution in [0.25, 0.3) is 0 Å². The summed E-state index contributed by atoms with van der Waals surface area (Å²) >= 11 is 3.39. The van der Waals surface area contributed by atoms with E-state index in [1.54, 1.807) is 0 Å². The van der Waals surface area contributed by atoms with Crippen LogP contribution in [0.1, 0.15) is 25.8 Å². The monoisotopic (exact) mass is 276 g/mol. The first-order chi connectivity index (χ1) is 7.02. The highest BCUT2D eigenvalue weighted by atomic mass is 79.9. The summed E-state index contributed by atoms with van der Waals surface area (Å²) in [5.41, 5.74) is 0.101. The van der Waals surface area contributed by atoms with E-state index < -0.39 is 11.6 Å². The average molecular weight is 277 g/mol. The van der Waals surface area contributed by atoms with E-state index in [-0.39, 0.29) is 11.0 Å². The predicted molar refractivity (Wildman–Crippen MR) is 62.3 cm³/mol. The van der Waals surface area contributed by atoms with Crippen molar-refractivity contribution in [3.05, 3.63) is 35.4 Å². The van der Waals surface area contributed by atoms with Gasteiger partial charge < -0.3 is 0 Å². The molecule has 0 aliphatic heterocycles. The molecule has 0 aromatic heterocycles. The molecule has 1 aromatic carbocycles. The minimum Gasteiger partial charge on any atom is -0.207 e. The van der Waals surface area contributed by atoms with Crippen molar-refractivity contribution >= 4 is 15.9 Å². The molecule has 15 heavy (non-hydrogen) atoms. The van der Waals surface area contributed by atoms with Gasteiger partial charge in [0.25, 0.3) is 0 Å². The molecule has 0 amide bonds. The second-order valence-electron chi connectivity index (χ2n) is 4.17. The number of hydrogen-bond donors (Lipinski definition) is 0. The summed E-state index contributed by atoms with van der Waals surface area (Å²) in [6.45, 7) is 4.05. The highest BCUT2D eigenvalue weighted by molar-refractivity contribution is 9.09. The summed E-state index contributed by atoms with van der Waals surface area (Å²) in [5.74, 6) is -0.897. The zero-order chi connectivity index (χ0) is 11.5. The molecule has 0 heterocycles. The lowest BCUT2D eigenvalue weighted by molar-refractivity contribution is 0.348. The molecule has 0 saturated carbocycles. The lowest BCUT2D eigenvalue weighted by Gasteiger charge is -2.26. The van der Waals surface area contributed by atoms with Crippen LogP contribution in [-0.2, 0) is 6.42 Å². The third-order valence-corrected chi connectivity index (χ3v) is 4.20. The fourth-order valence-electron chi connectivity index (χ4n) is 1.39. The summed E-state index contributed by atoms with van der Waals surface area (Å²) in [6.07, 6.45) is 1.30. The molecule has 0 radical (unpaired) electrons. The summed E-state index contributed by atoms with van der Waals surface area (Å²) < 4.78 is 26.8. The molecule has 0 nitrogen and oxygen atoms in total. The van der Waals surface area contributed by atoms with Crippen molar-refractivity contribution in [2.75, 3.05) is 5.33 Å². The van der Waals surface area contributed by atoms with Crippen LogP contribution in [0.5, 0.6) is 0 Å². The quantitative estimate of drug-likeness (QED) is 0.719. The molecule has 84 valence electrons. The average Bonchev–Trinajstić information content (AvgIpc) is 2.23. The molecule has 0 bridgehead atoms. The van der Waals surface area contributed by atoms with Gasteiger partial charge in [-0.2, -0.15) is 0 Å². The SMILES string of the molecule is CCC(C)(CBr)Cc1c(F)cccc1F. The fourth-order valence-corrected chi connectivity index (χ4v) is 1.99. The Balaban J connectivity index is 2.98. The van der Waals surface area contributed by atoms with E-state index in [0.717, 1.165) is 11.8 Å². The van der Waals surface area contributed by atoms with Crippen LogP contribution in [-0.4, -0.2) is 5.33 Å². The van der Waals surface area contributed by atoms with Crippen molar-refractivity contribution in [1.29, 1.82) is 0 Å². The molecule has 0 fully saturated rings. The fraction of sp³-hybridized carbons (Fsp3) is 0.500. The first kappa shape index (κ1) is 12.6. The van der Waals surface area contributed by atoms with Gasteiger partial charge in [0.15, 0.2) is 0 Å². The molecule has 0 saturated heterocycles. The van der Waals surface area contributed by atoms with Crippen LogP contribution in [0.3, 0.4) is 0 Å². The van der Waals surface area contributed by atoms with Crippen molar-refractivity contribution in [1.82, 2.24) is 0 Å². The standard InChI is InChI=1S/C12H15BrF2/c1-3-12(2,8-13)7-9-10(14)5-4-6-11(9)15/h4-6H,3,7-8H2,1-2H3. The zero-order valence-electron chi connectivity index (χ0n) is 8.99. The van der Waals surface area contributed by atoms with Gasteiger partial charge in [0.1, 0.15) is 11.6 Å². The number of halogens is 3. The van der Waals surface area contributed by atoms with Crippen LogP contribution >= 0.6 is 15.9 Å². The number of hydrogen-bond acceptors (Lipinski definition) is 0. The molecule has 0 aliphatic rings. The van der Waals surface area contributed by atoms with Crippen LogP contribution in [0, 0.1) is 17.0 Å². The summed E-state index contributed by atoms with van der Waals surface area (Å²) in [7, 11) is 0. The maximum atomic E-state index is 13.4. The molecule has 0 aliphatic carbocycles. The van der Waals surface area contributed by atoms with Crippen molar-refractivity contribution < 1.29 is 8.78 Å². The largest absolute Gasteiger partial charge is 0.207 e. The number of alkyl halides is 1. The molecule has 1 rings (SSSR count). The van der Waals surface area contributed by atoms with Gasteiger partial charge in [-0.3, -0.25) is 0 Å². The molecule has 1 aromatic rings. The van der Waals surface area contributed by atoms with Gasteiger partial charge in [-0.15, -0.1) is 0 Å². The molecular weight excluding hydrogens is 262 g/mol. The zero-order valence-corrected chi connectivity index (χ0v) is 10.6. The second kappa shape index (κ2) is 5.06. The smallest absolute Gasteiger partial charge is 0.129 e. The third kappa shape index (κ3) is 3.00. The maximum absolute atomic E-state index is 13.4. The highest BCUT2D eigenvalue weighted by Crippen LogP contribution is 2.30. The predicted octanol–water partition coefficient (Wildman–Crippen LogP) is 4.32. The van der Waals surface area contributed by atoms with Gasteiger partial charge >= 0.3 is 0 Å². The van der Waals surface area contributed by atoms with E-state index in [1.165, 1.54) is 18.2 Å². The van der Waals surface area contributed by atoms with E-state index in [9.17, 15) is 8.78 Å². The maximum Gasteiger partial charge on any atom is 0.129 e. The van der Waals surface area contributed by atoms with Gasteiger partial charge in [-0.1, -0.05) is 35.8 Å². The van der Waals surface area contributed by atoms with E-state index in [0.29, 0.717) is 6.42 Å². The Hall–Kier alpha value is -0.440. The van der Waals surface area contributed by atoms with E-state index in [4.69, 9.17) is 0 Å². The van der Waals surface area contributed by atoms with Crippen LogP contribution in [0.2, 0.25) is 0 Å². The molecule has 1 atom stereocenters. The van der Waals surface area contributed by atoms with Crippen molar-refractivity contribution in [3.8, 4) is 0 Å².